The van der Waals surface area contributed by atoms with E-state index in [1.807, 2.05) is 0 Å². The van der Waals surface area contributed by atoms with Gasteiger partial charge in [0.05, 0.1) is 11.3 Å². The Morgan fingerprint density at radius 3 is 2.24 bits per heavy atom. The van der Waals surface area contributed by atoms with Crippen molar-refractivity contribution in [2.45, 2.75) is 18.5 Å². The summed E-state index contributed by atoms with van der Waals surface area (Å²) in [5, 5.41) is 2.59. The third-order valence-corrected chi connectivity index (χ3v) is 4.21. The standard InChI is InChI=1S/C17H16F3NO3S/c1-25(23,24)11-13-3-2-4-14(9-13)16(22)21-10-12-5-7-15(8-6-12)17(18,19)20/h2-9H,10-11H2,1H3,(H,21,22). The molecule has 0 unspecified atom stereocenters. The molecule has 4 nitrogen and oxygen atoms in total. The fraction of sp³-hybridized carbons (Fsp3) is 0.235. The van der Waals surface area contributed by atoms with Crippen molar-refractivity contribution in [2.75, 3.05) is 6.26 Å². The maximum Gasteiger partial charge on any atom is 0.416 e. The van der Waals surface area contributed by atoms with E-state index in [1.165, 1.54) is 24.3 Å². The molecule has 134 valence electrons. The smallest absolute Gasteiger partial charge is 0.348 e. The first kappa shape index (κ1) is 19.0. The normalized spacial score (nSPS) is 12.0. The van der Waals surface area contributed by atoms with Crippen molar-refractivity contribution < 1.29 is 26.4 Å². The van der Waals surface area contributed by atoms with Gasteiger partial charge in [0.1, 0.15) is 0 Å². The zero-order valence-electron chi connectivity index (χ0n) is 13.3. The summed E-state index contributed by atoms with van der Waals surface area (Å²) in [6.07, 6.45) is -3.30. The van der Waals surface area contributed by atoms with Crippen LogP contribution in [0.3, 0.4) is 0 Å². The van der Waals surface area contributed by atoms with Crippen LogP contribution in [0.4, 0.5) is 13.2 Å². The monoisotopic (exact) mass is 371 g/mol. The summed E-state index contributed by atoms with van der Waals surface area (Å²) in [7, 11) is -3.21. The van der Waals surface area contributed by atoms with Crippen molar-refractivity contribution in [2.24, 2.45) is 0 Å². The van der Waals surface area contributed by atoms with Crippen molar-refractivity contribution in [3.63, 3.8) is 0 Å². The van der Waals surface area contributed by atoms with Crippen LogP contribution in [-0.2, 0) is 28.3 Å². The number of hydrogen-bond donors (Lipinski definition) is 1. The Kier molecular flexibility index (Phi) is 5.52. The summed E-state index contributed by atoms with van der Waals surface area (Å²) in [6, 6.07) is 10.7. The van der Waals surface area contributed by atoms with Gasteiger partial charge in [0.25, 0.3) is 5.91 Å². The van der Waals surface area contributed by atoms with Crippen molar-refractivity contribution in [1.82, 2.24) is 5.32 Å². The predicted octanol–water partition coefficient (Wildman–Crippen LogP) is 3.18. The third-order valence-electron chi connectivity index (χ3n) is 3.35. The Morgan fingerprint density at radius 2 is 1.68 bits per heavy atom. The maximum atomic E-state index is 12.5. The van der Waals surface area contributed by atoms with Crippen LogP contribution in [0.2, 0.25) is 0 Å². The van der Waals surface area contributed by atoms with E-state index in [9.17, 15) is 26.4 Å². The average Bonchev–Trinajstić information content (AvgIpc) is 2.51. The Bertz CT molecular complexity index is 859. The molecule has 2 rings (SSSR count). The van der Waals surface area contributed by atoms with E-state index in [-0.39, 0.29) is 17.9 Å². The molecule has 0 saturated heterocycles. The molecule has 0 bridgehead atoms. The molecule has 0 saturated carbocycles. The molecule has 1 N–H and O–H groups in total. The predicted molar refractivity (Wildman–Crippen MR) is 87.6 cm³/mol. The number of hydrogen-bond acceptors (Lipinski definition) is 3. The number of sulfone groups is 1. The summed E-state index contributed by atoms with van der Waals surface area (Å²) in [6.45, 7) is 0.0628. The Hall–Kier alpha value is -2.35. The fourth-order valence-corrected chi connectivity index (χ4v) is 2.99. The van der Waals surface area contributed by atoms with Crippen LogP contribution in [0.1, 0.15) is 27.0 Å². The first-order valence-electron chi connectivity index (χ1n) is 7.25. The van der Waals surface area contributed by atoms with Gasteiger partial charge in [-0.3, -0.25) is 4.79 Å². The highest BCUT2D eigenvalue weighted by atomic mass is 32.2. The van der Waals surface area contributed by atoms with Crippen LogP contribution in [0.5, 0.6) is 0 Å². The van der Waals surface area contributed by atoms with Gasteiger partial charge in [-0.25, -0.2) is 8.42 Å². The maximum absolute atomic E-state index is 12.5. The van der Waals surface area contributed by atoms with E-state index in [1.54, 1.807) is 12.1 Å². The minimum Gasteiger partial charge on any atom is -0.348 e. The SMILES string of the molecule is CS(=O)(=O)Cc1cccc(C(=O)NCc2ccc(C(F)(F)F)cc2)c1. The van der Waals surface area contributed by atoms with Crippen LogP contribution in [0.15, 0.2) is 48.5 Å². The topological polar surface area (TPSA) is 63.2 Å². The molecular formula is C17H16F3NO3S. The van der Waals surface area contributed by atoms with Gasteiger partial charge in [-0.05, 0) is 35.4 Å². The number of carbonyl (C=O) groups excluding carboxylic acids is 1. The number of amides is 1. The van der Waals surface area contributed by atoms with E-state index in [4.69, 9.17) is 0 Å². The van der Waals surface area contributed by atoms with Crippen molar-refractivity contribution in [1.29, 1.82) is 0 Å². The van der Waals surface area contributed by atoms with Gasteiger partial charge < -0.3 is 5.32 Å². The molecule has 0 spiro atoms. The summed E-state index contributed by atoms with van der Waals surface area (Å²) in [5.74, 6) is -0.609. The first-order valence-corrected chi connectivity index (χ1v) is 9.32. The van der Waals surface area contributed by atoms with Crippen molar-refractivity contribution >= 4 is 15.7 Å². The highest BCUT2D eigenvalue weighted by Crippen LogP contribution is 2.29. The molecule has 0 aliphatic carbocycles. The molecule has 25 heavy (non-hydrogen) atoms. The molecule has 0 aliphatic heterocycles. The van der Waals surface area contributed by atoms with Gasteiger partial charge in [-0.1, -0.05) is 24.3 Å². The second-order valence-corrected chi connectivity index (χ2v) is 7.79. The van der Waals surface area contributed by atoms with Gasteiger partial charge in [-0.15, -0.1) is 0 Å². The van der Waals surface area contributed by atoms with E-state index >= 15 is 0 Å². The molecule has 0 fully saturated rings. The van der Waals surface area contributed by atoms with Crippen LogP contribution >= 0.6 is 0 Å². The minimum absolute atomic E-state index is 0.0628. The van der Waals surface area contributed by atoms with Crippen LogP contribution in [0, 0.1) is 0 Å². The molecule has 2 aromatic carbocycles. The largest absolute Gasteiger partial charge is 0.416 e. The highest BCUT2D eigenvalue weighted by molar-refractivity contribution is 7.89. The third kappa shape index (κ3) is 5.90. The first-order chi connectivity index (χ1) is 11.5. The Morgan fingerprint density at radius 1 is 1.04 bits per heavy atom. The molecule has 8 heteroatoms. The minimum atomic E-state index is -4.40. The second-order valence-electron chi connectivity index (χ2n) is 5.65. The molecule has 1 amide bonds. The molecular weight excluding hydrogens is 355 g/mol. The van der Waals surface area contributed by atoms with E-state index in [2.05, 4.69) is 5.32 Å². The lowest BCUT2D eigenvalue weighted by atomic mass is 10.1. The summed E-state index contributed by atoms with van der Waals surface area (Å²) < 4.78 is 60.1. The molecule has 0 heterocycles. The number of rotatable bonds is 5. The number of halogens is 3. The number of benzene rings is 2. The fourth-order valence-electron chi connectivity index (χ4n) is 2.20. The van der Waals surface area contributed by atoms with Crippen LogP contribution in [-0.4, -0.2) is 20.6 Å². The summed E-state index contributed by atoms with van der Waals surface area (Å²) in [4.78, 5) is 12.1. The van der Waals surface area contributed by atoms with Gasteiger partial charge in [0.2, 0.25) is 0 Å². The van der Waals surface area contributed by atoms with E-state index < -0.39 is 27.5 Å². The highest BCUT2D eigenvalue weighted by Gasteiger charge is 2.29. The summed E-state index contributed by atoms with van der Waals surface area (Å²) in [5.41, 5.74) is 0.544. The van der Waals surface area contributed by atoms with Crippen LogP contribution < -0.4 is 5.32 Å². The molecule has 0 aliphatic rings. The molecule has 0 atom stereocenters. The second kappa shape index (κ2) is 7.26. The Labute approximate surface area is 143 Å². The molecule has 0 aromatic heterocycles. The lowest BCUT2D eigenvalue weighted by Gasteiger charge is -2.09. The van der Waals surface area contributed by atoms with Gasteiger partial charge in [-0.2, -0.15) is 13.2 Å². The van der Waals surface area contributed by atoms with Crippen LogP contribution in [0.25, 0.3) is 0 Å². The lowest BCUT2D eigenvalue weighted by Crippen LogP contribution is -2.23. The summed E-state index contributed by atoms with van der Waals surface area (Å²) >= 11 is 0. The number of carbonyl (C=O) groups is 1. The van der Waals surface area contributed by atoms with Gasteiger partial charge >= 0.3 is 6.18 Å². The quantitative estimate of drug-likeness (QED) is 0.878. The Balaban J connectivity index is 2.02. The zero-order valence-corrected chi connectivity index (χ0v) is 14.1. The average molecular weight is 371 g/mol. The van der Waals surface area contributed by atoms with Crippen molar-refractivity contribution in [3.05, 3.63) is 70.8 Å². The van der Waals surface area contributed by atoms with E-state index in [0.29, 0.717) is 11.1 Å². The van der Waals surface area contributed by atoms with Crippen molar-refractivity contribution in [3.8, 4) is 0 Å². The zero-order chi connectivity index (χ0) is 18.7. The molecule has 0 radical (unpaired) electrons. The van der Waals surface area contributed by atoms with Gasteiger partial charge in [0, 0.05) is 18.4 Å². The molecule has 2 aromatic rings. The van der Waals surface area contributed by atoms with Gasteiger partial charge in [0.15, 0.2) is 9.84 Å². The van der Waals surface area contributed by atoms with E-state index in [0.717, 1.165) is 18.4 Å². The lowest BCUT2D eigenvalue weighted by molar-refractivity contribution is -0.137. The number of alkyl halides is 3. The number of nitrogens with one attached hydrogen (secondary N) is 1.